The molecule has 1 nitrogen and oxygen atoms in total. The molecule has 0 fully saturated rings. The molecule has 5 aromatic rings. The lowest BCUT2D eigenvalue weighted by molar-refractivity contribution is 1.12. The van der Waals surface area contributed by atoms with Crippen LogP contribution in [-0.2, 0) is 0 Å². The van der Waals surface area contributed by atoms with E-state index in [-0.39, 0.29) is 5.66 Å². The van der Waals surface area contributed by atoms with Crippen LogP contribution in [0, 0.1) is 5.41 Å². The second kappa shape index (κ2) is 9.92. The molecule has 1 heterocycles. The summed E-state index contributed by atoms with van der Waals surface area (Å²) >= 11 is 0. The maximum Gasteiger partial charge on any atom is 0.0211 e. The van der Waals surface area contributed by atoms with Crippen molar-refractivity contribution in [3.8, 4) is 11.1 Å². The van der Waals surface area contributed by atoms with E-state index in [1.165, 1.54) is 59.9 Å². The van der Waals surface area contributed by atoms with Crippen LogP contribution in [0.15, 0.2) is 121 Å². The van der Waals surface area contributed by atoms with Gasteiger partial charge in [-0.2, -0.15) is 0 Å². The predicted molar refractivity (Wildman–Crippen MR) is 165 cm³/mol. The highest BCUT2D eigenvalue weighted by Crippen LogP contribution is 2.54. The first-order valence-electron chi connectivity index (χ1n) is 12.9. The van der Waals surface area contributed by atoms with E-state index in [1.807, 2.05) is 0 Å². The van der Waals surface area contributed by atoms with Crippen LogP contribution in [0.1, 0.15) is 18.9 Å². The minimum absolute atomic E-state index is 0.268. The number of allylic oxidation sites excluding steroid dienone is 6. The van der Waals surface area contributed by atoms with Crippen molar-refractivity contribution in [2.45, 2.75) is 19.0 Å². The summed E-state index contributed by atoms with van der Waals surface area (Å²) < 4.78 is 0. The van der Waals surface area contributed by atoms with E-state index in [2.05, 4.69) is 129 Å². The third-order valence-electron chi connectivity index (χ3n) is 7.57. The number of nitrogens with one attached hydrogen (secondary N) is 1. The first-order valence-corrected chi connectivity index (χ1v) is 14.8. The summed E-state index contributed by atoms with van der Waals surface area (Å²) in [7, 11) is -0.509. The summed E-state index contributed by atoms with van der Waals surface area (Å²) in [4.78, 5) is 0. The van der Waals surface area contributed by atoms with Gasteiger partial charge in [0.2, 0.25) is 0 Å². The van der Waals surface area contributed by atoms with Gasteiger partial charge in [-0.15, -0.1) is 0 Å². The molecule has 0 bridgehead atoms. The normalized spacial score (nSPS) is 18.2. The van der Waals surface area contributed by atoms with Crippen LogP contribution < -0.4 is 0 Å². The van der Waals surface area contributed by atoms with Gasteiger partial charge in [-0.05, 0) is 86.0 Å². The van der Waals surface area contributed by atoms with E-state index >= 15 is 0 Å². The molecule has 2 unspecified atom stereocenters. The lowest BCUT2D eigenvalue weighted by Crippen LogP contribution is -2.05. The van der Waals surface area contributed by atoms with Crippen molar-refractivity contribution in [1.82, 2.24) is 0 Å². The molecule has 1 N–H and O–H groups in total. The molecule has 1 aliphatic rings. The van der Waals surface area contributed by atoms with Gasteiger partial charge < -0.3 is 5.41 Å². The van der Waals surface area contributed by atoms with Crippen molar-refractivity contribution in [3.05, 3.63) is 126 Å². The fraction of sp³-hybridized carbons (Fsp3) is 0.114. The van der Waals surface area contributed by atoms with E-state index in [4.69, 9.17) is 5.41 Å². The van der Waals surface area contributed by atoms with Gasteiger partial charge >= 0.3 is 0 Å². The fourth-order valence-corrected chi connectivity index (χ4v) is 7.74. The zero-order valence-electron chi connectivity index (χ0n) is 21.3. The fourth-order valence-electron chi connectivity index (χ4n) is 5.77. The summed E-state index contributed by atoms with van der Waals surface area (Å²) in [6.07, 6.45) is 11.6. The standard InChI is InChI=1S/C35H30NP/c1-3-11-33-32(19-10-14-27(23-36)37(33)2)35-30-17-8-6-15-28(30)34(29-16-7-9-18-31(29)35)26-21-20-24-12-4-5-13-25(24)22-26/h3-13,15-23,27,36H,14H2,1-2H3/b11-3-,36-23?. The second-order valence-electron chi connectivity index (χ2n) is 9.69. The summed E-state index contributed by atoms with van der Waals surface area (Å²) in [5.41, 5.74) is 5.42. The average molecular weight is 496 g/mol. The Hall–Kier alpha value is -3.80. The van der Waals surface area contributed by atoms with Crippen LogP contribution >= 0.6 is 7.92 Å². The van der Waals surface area contributed by atoms with Gasteiger partial charge in [-0.25, -0.2) is 0 Å². The summed E-state index contributed by atoms with van der Waals surface area (Å²) in [6.45, 7) is 4.43. The molecule has 2 atom stereocenters. The van der Waals surface area contributed by atoms with Crippen molar-refractivity contribution in [1.29, 1.82) is 5.41 Å². The highest BCUT2D eigenvalue weighted by Gasteiger charge is 2.24. The molecule has 37 heavy (non-hydrogen) atoms. The Bertz CT molecular complexity index is 1700. The molecule has 0 radical (unpaired) electrons. The molecule has 1 aliphatic heterocycles. The minimum atomic E-state index is -0.509. The third-order valence-corrected chi connectivity index (χ3v) is 10.1. The van der Waals surface area contributed by atoms with Crippen LogP contribution in [0.2, 0.25) is 0 Å². The molecule has 0 spiro atoms. The van der Waals surface area contributed by atoms with Gasteiger partial charge in [-0.1, -0.05) is 117 Å². The Kier molecular flexibility index (Phi) is 6.33. The Morgan fingerprint density at radius 3 is 1.97 bits per heavy atom. The Morgan fingerprint density at radius 1 is 0.757 bits per heavy atom. The highest BCUT2D eigenvalue weighted by molar-refractivity contribution is 7.63. The number of hydrogen-bond acceptors (Lipinski definition) is 1. The largest absolute Gasteiger partial charge is 0.312 e. The smallest absolute Gasteiger partial charge is 0.0211 e. The summed E-state index contributed by atoms with van der Waals surface area (Å²) in [6, 6.07) is 33.2. The van der Waals surface area contributed by atoms with E-state index in [1.54, 1.807) is 6.21 Å². The molecule has 180 valence electrons. The number of fused-ring (bicyclic) bond motifs is 3. The first-order chi connectivity index (χ1) is 18.2. The van der Waals surface area contributed by atoms with Crippen molar-refractivity contribution in [2.75, 3.05) is 6.66 Å². The average Bonchev–Trinajstić information content (AvgIpc) is 3.09. The quantitative estimate of drug-likeness (QED) is 0.146. The van der Waals surface area contributed by atoms with Crippen LogP contribution in [0.5, 0.6) is 0 Å². The van der Waals surface area contributed by atoms with Crippen LogP contribution in [0.25, 0.3) is 49.0 Å². The molecular formula is C35H30NP. The lowest BCUT2D eigenvalue weighted by Gasteiger charge is -2.23. The molecule has 0 aliphatic carbocycles. The highest BCUT2D eigenvalue weighted by atomic mass is 31.1. The minimum Gasteiger partial charge on any atom is -0.312 e. The molecule has 2 heteroatoms. The van der Waals surface area contributed by atoms with Crippen molar-refractivity contribution in [3.63, 3.8) is 0 Å². The molecule has 0 saturated carbocycles. The molecule has 5 aromatic carbocycles. The molecule has 0 saturated heterocycles. The van der Waals surface area contributed by atoms with E-state index in [0.717, 1.165) is 6.42 Å². The molecular weight excluding hydrogens is 465 g/mol. The number of hydrogen-bond donors (Lipinski definition) is 1. The SMILES string of the molecule is C/C=C\C1=C(c2c3ccccc3c(-c3ccc4ccccc4c3)c3ccccc23)C=CCC(C=N)P1C. The summed E-state index contributed by atoms with van der Waals surface area (Å²) in [5, 5.41) is 17.1. The molecule has 0 aromatic heterocycles. The maximum atomic E-state index is 8.07. The van der Waals surface area contributed by atoms with Crippen LogP contribution in [0.4, 0.5) is 0 Å². The van der Waals surface area contributed by atoms with Crippen molar-refractivity contribution >= 4 is 52.0 Å². The van der Waals surface area contributed by atoms with Crippen LogP contribution in [0.3, 0.4) is 0 Å². The zero-order valence-corrected chi connectivity index (χ0v) is 22.2. The predicted octanol–water partition coefficient (Wildman–Crippen LogP) is 10.2. The van der Waals surface area contributed by atoms with E-state index < -0.39 is 7.92 Å². The van der Waals surface area contributed by atoms with Crippen molar-refractivity contribution in [2.24, 2.45) is 0 Å². The number of benzene rings is 5. The van der Waals surface area contributed by atoms with Gasteiger partial charge in [0.1, 0.15) is 0 Å². The number of rotatable bonds is 4. The monoisotopic (exact) mass is 495 g/mol. The van der Waals surface area contributed by atoms with E-state index in [0.29, 0.717) is 0 Å². The Balaban J connectivity index is 1.75. The van der Waals surface area contributed by atoms with Gasteiger partial charge in [0.05, 0.1) is 0 Å². The Morgan fingerprint density at radius 2 is 1.35 bits per heavy atom. The third kappa shape index (κ3) is 4.05. The maximum absolute atomic E-state index is 8.07. The van der Waals surface area contributed by atoms with Crippen molar-refractivity contribution < 1.29 is 0 Å². The van der Waals surface area contributed by atoms with Gasteiger partial charge in [0, 0.05) is 11.9 Å². The van der Waals surface area contributed by atoms with Crippen LogP contribution in [-0.4, -0.2) is 18.5 Å². The Labute approximate surface area is 220 Å². The topological polar surface area (TPSA) is 23.9 Å². The summed E-state index contributed by atoms with van der Waals surface area (Å²) in [5.74, 6) is 0. The second-order valence-corrected chi connectivity index (χ2v) is 12.1. The van der Waals surface area contributed by atoms with Gasteiger partial charge in [0.25, 0.3) is 0 Å². The van der Waals surface area contributed by atoms with Gasteiger partial charge in [-0.3, -0.25) is 0 Å². The first kappa shape index (κ1) is 23.6. The van der Waals surface area contributed by atoms with E-state index in [9.17, 15) is 0 Å². The lowest BCUT2D eigenvalue weighted by atomic mass is 9.85. The zero-order chi connectivity index (χ0) is 25.4. The van der Waals surface area contributed by atoms with Gasteiger partial charge in [0.15, 0.2) is 0 Å². The molecule has 0 amide bonds. The molecule has 6 rings (SSSR count).